The van der Waals surface area contributed by atoms with Gasteiger partial charge in [-0.3, -0.25) is 4.79 Å². The number of alkyl carbamates (subject to hydrolysis) is 1. The number of H-pyrrole nitrogens is 2. The fourth-order valence-corrected chi connectivity index (χ4v) is 6.00. The van der Waals surface area contributed by atoms with Gasteiger partial charge in [-0.25, -0.2) is 4.79 Å². The van der Waals surface area contributed by atoms with Crippen molar-refractivity contribution in [2.75, 3.05) is 0 Å². The number of nitrogens with zero attached hydrogens (tertiary/aromatic N) is 3. The van der Waals surface area contributed by atoms with Gasteiger partial charge in [0.1, 0.15) is 17.0 Å². The van der Waals surface area contributed by atoms with Gasteiger partial charge in [-0.2, -0.15) is 0 Å². The zero-order valence-electron chi connectivity index (χ0n) is 28.6. The van der Waals surface area contributed by atoms with Crippen molar-refractivity contribution in [3.05, 3.63) is 83.7 Å². The van der Waals surface area contributed by atoms with Crippen LogP contribution in [0.1, 0.15) is 96.0 Å². The molecule has 3 aromatic heterocycles. The first-order chi connectivity index (χ1) is 22.4. The highest BCUT2D eigenvalue weighted by Crippen LogP contribution is 2.27. The molecule has 10 nitrogen and oxygen atoms in total. The summed E-state index contributed by atoms with van der Waals surface area (Å²) in [5.41, 5.74) is 2.51. The number of benzene rings is 2. The average molecular weight is 640 g/mol. The van der Waals surface area contributed by atoms with Crippen LogP contribution in [0.4, 0.5) is 4.79 Å². The van der Waals surface area contributed by atoms with Gasteiger partial charge >= 0.3 is 6.09 Å². The molecule has 2 aromatic carbocycles. The third kappa shape index (κ3) is 8.41. The summed E-state index contributed by atoms with van der Waals surface area (Å²) < 4.78 is 7.66. The van der Waals surface area contributed by atoms with Gasteiger partial charge in [0, 0.05) is 53.6 Å². The maximum atomic E-state index is 13.9. The number of rotatable bonds is 14. The molecule has 0 unspecified atom stereocenters. The molecule has 0 aliphatic carbocycles. The number of carbonyl (C=O) groups is 2. The molecule has 5 rings (SSSR count). The Balaban J connectivity index is 1.46. The number of ether oxygens (including phenoxy) is 1. The minimum absolute atomic E-state index is 0.339. The number of hydrogen-bond acceptors (Lipinski definition) is 5. The van der Waals surface area contributed by atoms with E-state index in [0.29, 0.717) is 18.7 Å². The first kappa shape index (κ1) is 33.8. The van der Waals surface area contributed by atoms with Crippen molar-refractivity contribution >= 4 is 33.8 Å². The van der Waals surface area contributed by atoms with Gasteiger partial charge in [-0.15, -0.1) is 10.2 Å². The molecule has 10 heteroatoms. The van der Waals surface area contributed by atoms with E-state index in [4.69, 9.17) is 14.9 Å². The fraction of sp³-hybridized carbons (Fsp3) is 0.459. The lowest BCUT2D eigenvalue weighted by Crippen LogP contribution is -2.56. The van der Waals surface area contributed by atoms with Gasteiger partial charge in [-0.1, -0.05) is 62.6 Å². The van der Waals surface area contributed by atoms with Crippen LogP contribution in [0.5, 0.6) is 0 Å². The second kappa shape index (κ2) is 14.4. The number of nitrogens with one attached hydrogen (secondary N) is 4. The molecule has 0 aliphatic rings. The van der Waals surface area contributed by atoms with Crippen LogP contribution in [0, 0.1) is 0 Å². The Morgan fingerprint density at radius 2 is 1.49 bits per heavy atom. The Bertz CT molecular complexity index is 1810. The van der Waals surface area contributed by atoms with Crippen molar-refractivity contribution in [3.63, 3.8) is 0 Å². The molecule has 0 radical (unpaired) electrons. The van der Waals surface area contributed by atoms with Crippen LogP contribution < -0.4 is 10.6 Å². The Kier molecular flexibility index (Phi) is 10.4. The Hall–Kier alpha value is -4.60. The lowest BCUT2D eigenvalue weighted by Gasteiger charge is -2.29. The second-order valence-electron chi connectivity index (χ2n) is 13.9. The van der Waals surface area contributed by atoms with Crippen LogP contribution in [0.25, 0.3) is 21.8 Å². The van der Waals surface area contributed by atoms with Crippen molar-refractivity contribution in [1.82, 2.24) is 35.4 Å². The molecular weight excluding hydrogens is 590 g/mol. The molecule has 0 saturated carbocycles. The Labute approximate surface area is 277 Å². The first-order valence-corrected chi connectivity index (χ1v) is 16.8. The standard InChI is InChI=1S/C37H49N7O3/c1-7-8-9-14-21-44-32(20-19-25-23-38-29-17-12-10-15-27(25)29)42-43-33(44)31(22-26-24-39-30-18-13-11-16-28(26)30)40-34(45)37(5,6)41-35(46)47-36(2,3)4/h10-13,15-18,23-24,31,38-39H,7-9,14,19-22H2,1-6H3,(H,40,45)(H,41,46)/t31-/m1/s1. The topological polar surface area (TPSA) is 130 Å². The molecule has 0 aliphatic heterocycles. The molecule has 4 N–H and O–H groups in total. The van der Waals surface area contributed by atoms with Gasteiger partial charge in [0.05, 0.1) is 6.04 Å². The molecule has 47 heavy (non-hydrogen) atoms. The van der Waals surface area contributed by atoms with E-state index in [0.717, 1.165) is 66.5 Å². The van der Waals surface area contributed by atoms with Crippen molar-refractivity contribution in [2.24, 2.45) is 0 Å². The van der Waals surface area contributed by atoms with Gasteiger partial charge in [-0.05, 0) is 70.7 Å². The predicted octanol–water partition coefficient (Wildman–Crippen LogP) is 7.31. The highest BCUT2D eigenvalue weighted by atomic mass is 16.6. The second-order valence-corrected chi connectivity index (χ2v) is 13.9. The van der Waals surface area contributed by atoms with Gasteiger partial charge < -0.3 is 29.9 Å². The molecule has 0 bridgehead atoms. The normalized spacial score (nSPS) is 12.8. The molecule has 2 amide bonds. The van der Waals surface area contributed by atoms with Gasteiger partial charge in [0.15, 0.2) is 5.82 Å². The number of carbonyl (C=O) groups excluding carboxylic acids is 2. The number of aromatic nitrogens is 5. The predicted molar refractivity (Wildman–Crippen MR) is 186 cm³/mol. The summed E-state index contributed by atoms with van der Waals surface area (Å²) in [6.45, 7) is 11.7. The number of para-hydroxylation sites is 2. The van der Waals surface area contributed by atoms with Crippen LogP contribution in [0.3, 0.4) is 0 Å². The summed E-state index contributed by atoms with van der Waals surface area (Å²) in [6, 6.07) is 16.0. The maximum absolute atomic E-state index is 13.9. The summed E-state index contributed by atoms with van der Waals surface area (Å²) in [4.78, 5) is 33.3. The summed E-state index contributed by atoms with van der Waals surface area (Å²) in [6.07, 6.45) is 9.81. The number of fused-ring (bicyclic) bond motifs is 2. The minimum Gasteiger partial charge on any atom is -0.444 e. The molecule has 3 heterocycles. The van der Waals surface area contributed by atoms with Crippen LogP contribution in [0.2, 0.25) is 0 Å². The third-order valence-electron chi connectivity index (χ3n) is 8.48. The lowest BCUT2D eigenvalue weighted by molar-refractivity contribution is -0.127. The smallest absolute Gasteiger partial charge is 0.408 e. The summed E-state index contributed by atoms with van der Waals surface area (Å²) in [5.74, 6) is 1.27. The highest BCUT2D eigenvalue weighted by molar-refractivity contribution is 5.89. The van der Waals surface area contributed by atoms with E-state index in [1.807, 2.05) is 30.5 Å². The largest absolute Gasteiger partial charge is 0.444 e. The number of amides is 2. The van der Waals surface area contributed by atoms with Crippen molar-refractivity contribution < 1.29 is 14.3 Å². The SMILES string of the molecule is CCCCCCn1c(CCc2c[nH]c3ccccc23)nnc1[C@@H](Cc1c[nH]c2ccccc12)NC(=O)C(C)(C)NC(=O)OC(C)(C)C. The van der Waals surface area contributed by atoms with Crippen LogP contribution in [0.15, 0.2) is 60.9 Å². The van der Waals surface area contributed by atoms with E-state index in [9.17, 15) is 9.59 Å². The third-order valence-corrected chi connectivity index (χ3v) is 8.48. The number of aryl methyl sites for hydroxylation is 2. The Morgan fingerprint density at radius 3 is 2.15 bits per heavy atom. The van der Waals surface area contributed by atoms with Crippen LogP contribution in [-0.4, -0.2) is 47.9 Å². The fourth-order valence-electron chi connectivity index (χ4n) is 6.00. The van der Waals surface area contributed by atoms with E-state index < -0.39 is 23.3 Å². The maximum Gasteiger partial charge on any atom is 0.408 e. The van der Waals surface area contributed by atoms with E-state index in [1.165, 1.54) is 10.9 Å². The molecule has 250 valence electrons. The molecule has 0 fully saturated rings. The highest BCUT2D eigenvalue weighted by Gasteiger charge is 2.35. The summed E-state index contributed by atoms with van der Waals surface area (Å²) >= 11 is 0. The number of hydrogen-bond donors (Lipinski definition) is 4. The van der Waals surface area contributed by atoms with Gasteiger partial charge in [0.25, 0.3) is 0 Å². The van der Waals surface area contributed by atoms with E-state index in [1.54, 1.807) is 34.6 Å². The minimum atomic E-state index is -1.25. The number of aromatic amines is 2. The zero-order valence-corrected chi connectivity index (χ0v) is 28.6. The Morgan fingerprint density at radius 1 is 0.851 bits per heavy atom. The lowest BCUT2D eigenvalue weighted by atomic mass is 10.0. The first-order valence-electron chi connectivity index (χ1n) is 16.8. The van der Waals surface area contributed by atoms with E-state index >= 15 is 0 Å². The van der Waals surface area contributed by atoms with Crippen LogP contribution >= 0.6 is 0 Å². The molecule has 0 spiro atoms. The monoisotopic (exact) mass is 639 g/mol. The zero-order chi connectivity index (χ0) is 33.6. The van der Waals surface area contributed by atoms with Crippen LogP contribution in [-0.2, 0) is 35.3 Å². The summed E-state index contributed by atoms with van der Waals surface area (Å²) in [5, 5.41) is 17.8. The molecule has 5 aromatic rings. The van der Waals surface area contributed by atoms with Crippen molar-refractivity contribution in [1.29, 1.82) is 0 Å². The molecule has 0 saturated heterocycles. The number of unbranched alkanes of at least 4 members (excludes halogenated alkanes) is 3. The van der Waals surface area contributed by atoms with Gasteiger partial charge in [0.2, 0.25) is 5.91 Å². The van der Waals surface area contributed by atoms with E-state index in [-0.39, 0.29) is 5.91 Å². The average Bonchev–Trinajstić information content (AvgIpc) is 3.73. The molecule has 1 atom stereocenters. The van der Waals surface area contributed by atoms with Crippen molar-refractivity contribution in [3.8, 4) is 0 Å². The summed E-state index contributed by atoms with van der Waals surface area (Å²) in [7, 11) is 0. The quantitative estimate of drug-likeness (QED) is 0.0947. The van der Waals surface area contributed by atoms with E-state index in [2.05, 4.69) is 62.6 Å². The van der Waals surface area contributed by atoms with Crippen molar-refractivity contribution in [2.45, 2.75) is 110 Å². The molecular formula is C37H49N7O3.